The van der Waals surface area contributed by atoms with Gasteiger partial charge in [-0.3, -0.25) is 4.90 Å². The summed E-state index contributed by atoms with van der Waals surface area (Å²) in [6.07, 6.45) is 3.80. The molecule has 0 saturated carbocycles. The van der Waals surface area contributed by atoms with Crippen LogP contribution in [0.1, 0.15) is 38.1 Å². The SMILES string of the molecule is CC.CCN(CC)CC[n+]1cccc(C(=O)OC)c1. The third-order valence-electron chi connectivity index (χ3n) is 2.85. The molecule has 0 fully saturated rings. The first-order valence-corrected chi connectivity index (χ1v) is 7.01. The zero-order valence-corrected chi connectivity index (χ0v) is 12.8. The van der Waals surface area contributed by atoms with Gasteiger partial charge in [0.15, 0.2) is 18.9 Å². The summed E-state index contributed by atoms with van der Waals surface area (Å²) in [4.78, 5) is 13.7. The number of ether oxygens (including phenoxy) is 1. The van der Waals surface area contributed by atoms with Crippen molar-refractivity contribution >= 4 is 5.97 Å². The van der Waals surface area contributed by atoms with Crippen LogP contribution in [0.3, 0.4) is 0 Å². The Bertz CT molecular complexity index is 363. The van der Waals surface area contributed by atoms with Crippen molar-refractivity contribution in [1.29, 1.82) is 0 Å². The van der Waals surface area contributed by atoms with Gasteiger partial charge in [-0.1, -0.05) is 27.7 Å². The third kappa shape index (κ3) is 6.34. The summed E-state index contributed by atoms with van der Waals surface area (Å²) in [5.41, 5.74) is 0.592. The lowest BCUT2D eigenvalue weighted by molar-refractivity contribution is -0.696. The Hall–Kier alpha value is -1.42. The Labute approximate surface area is 117 Å². The summed E-state index contributed by atoms with van der Waals surface area (Å²) in [6, 6.07) is 3.63. The molecule has 0 saturated heterocycles. The van der Waals surface area contributed by atoms with Crippen LogP contribution in [0.25, 0.3) is 0 Å². The second kappa shape index (κ2) is 10.5. The number of rotatable bonds is 6. The average molecular weight is 267 g/mol. The Morgan fingerprint density at radius 1 is 1.32 bits per heavy atom. The molecular weight excluding hydrogens is 240 g/mol. The van der Waals surface area contributed by atoms with Crippen molar-refractivity contribution in [3.8, 4) is 0 Å². The molecule has 0 aliphatic rings. The number of likely N-dealkylation sites (N-methyl/N-ethyl adjacent to an activating group) is 1. The Morgan fingerprint density at radius 3 is 2.47 bits per heavy atom. The van der Waals surface area contributed by atoms with Gasteiger partial charge >= 0.3 is 5.97 Å². The molecular formula is C15H27N2O2+. The van der Waals surface area contributed by atoms with Gasteiger partial charge < -0.3 is 4.74 Å². The Morgan fingerprint density at radius 2 is 1.95 bits per heavy atom. The van der Waals surface area contributed by atoms with E-state index in [4.69, 9.17) is 4.74 Å². The van der Waals surface area contributed by atoms with E-state index in [1.54, 1.807) is 6.07 Å². The third-order valence-corrected chi connectivity index (χ3v) is 2.85. The van der Waals surface area contributed by atoms with Crippen molar-refractivity contribution in [2.45, 2.75) is 34.2 Å². The molecule has 0 N–H and O–H groups in total. The summed E-state index contributed by atoms with van der Waals surface area (Å²) in [5.74, 6) is -0.290. The summed E-state index contributed by atoms with van der Waals surface area (Å²) >= 11 is 0. The van der Waals surface area contributed by atoms with Crippen LogP contribution >= 0.6 is 0 Å². The van der Waals surface area contributed by atoms with Crippen LogP contribution in [0.2, 0.25) is 0 Å². The van der Waals surface area contributed by atoms with Crippen LogP contribution in [0.4, 0.5) is 0 Å². The van der Waals surface area contributed by atoms with E-state index in [9.17, 15) is 4.79 Å². The van der Waals surface area contributed by atoms with Crippen molar-refractivity contribution in [3.63, 3.8) is 0 Å². The van der Waals surface area contributed by atoms with E-state index in [1.165, 1.54) is 7.11 Å². The average Bonchev–Trinajstić information content (AvgIpc) is 2.49. The molecule has 0 unspecified atom stereocenters. The maximum atomic E-state index is 11.4. The van der Waals surface area contributed by atoms with Crippen LogP contribution < -0.4 is 4.57 Å². The first-order valence-electron chi connectivity index (χ1n) is 7.01. The first kappa shape index (κ1) is 17.6. The van der Waals surface area contributed by atoms with E-state index in [0.29, 0.717) is 5.56 Å². The molecule has 0 aromatic carbocycles. The van der Waals surface area contributed by atoms with Gasteiger partial charge in [-0.05, 0) is 19.2 Å². The number of hydrogen-bond acceptors (Lipinski definition) is 3. The molecule has 4 heteroatoms. The molecule has 1 aromatic heterocycles. The highest BCUT2D eigenvalue weighted by Gasteiger charge is 2.11. The van der Waals surface area contributed by atoms with Gasteiger partial charge in [-0.25, -0.2) is 9.36 Å². The minimum absolute atomic E-state index is 0.290. The lowest BCUT2D eigenvalue weighted by Crippen LogP contribution is -2.40. The minimum Gasteiger partial charge on any atom is -0.465 e. The molecule has 0 amide bonds. The number of carbonyl (C=O) groups excluding carboxylic acids is 1. The predicted molar refractivity (Wildman–Crippen MR) is 77.1 cm³/mol. The molecule has 0 radical (unpaired) electrons. The summed E-state index contributed by atoms with van der Waals surface area (Å²) in [5, 5.41) is 0. The van der Waals surface area contributed by atoms with Gasteiger partial charge in [0.1, 0.15) is 5.56 Å². The van der Waals surface area contributed by atoms with Crippen molar-refractivity contribution in [2.24, 2.45) is 0 Å². The lowest BCUT2D eigenvalue weighted by Gasteiger charge is -2.15. The fourth-order valence-corrected chi connectivity index (χ4v) is 1.70. The van der Waals surface area contributed by atoms with E-state index in [2.05, 4.69) is 18.7 Å². The largest absolute Gasteiger partial charge is 0.465 e. The molecule has 1 aromatic rings. The molecule has 0 atom stereocenters. The fraction of sp³-hybridized carbons (Fsp3) is 0.600. The molecule has 1 rings (SSSR count). The van der Waals surface area contributed by atoms with Gasteiger partial charge in [0.05, 0.1) is 13.7 Å². The highest BCUT2D eigenvalue weighted by Crippen LogP contribution is 1.96. The number of carbonyl (C=O) groups is 1. The number of nitrogens with zero attached hydrogens (tertiary/aromatic N) is 2. The fourth-order valence-electron chi connectivity index (χ4n) is 1.70. The van der Waals surface area contributed by atoms with Gasteiger partial charge in [-0.15, -0.1) is 0 Å². The lowest BCUT2D eigenvalue weighted by atomic mass is 10.3. The van der Waals surface area contributed by atoms with Crippen molar-refractivity contribution in [3.05, 3.63) is 30.1 Å². The van der Waals surface area contributed by atoms with Crippen LogP contribution in [-0.2, 0) is 11.3 Å². The van der Waals surface area contributed by atoms with Gasteiger partial charge in [0, 0.05) is 6.07 Å². The Kier molecular flexibility index (Phi) is 9.71. The number of aromatic nitrogens is 1. The molecule has 0 aliphatic carbocycles. The molecule has 1 heterocycles. The topological polar surface area (TPSA) is 33.4 Å². The van der Waals surface area contributed by atoms with Crippen molar-refractivity contribution in [2.75, 3.05) is 26.7 Å². The number of pyridine rings is 1. The van der Waals surface area contributed by atoms with E-state index in [0.717, 1.165) is 26.2 Å². The van der Waals surface area contributed by atoms with E-state index in [-0.39, 0.29) is 5.97 Å². The first-order chi connectivity index (χ1) is 9.21. The normalized spacial score (nSPS) is 9.79. The van der Waals surface area contributed by atoms with Gasteiger partial charge in [0.2, 0.25) is 0 Å². The molecule has 0 bridgehead atoms. The highest BCUT2D eigenvalue weighted by atomic mass is 16.5. The van der Waals surface area contributed by atoms with Crippen LogP contribution in [0, 0.1) is 0 Å². The monoisotopic (exact) mass is 267 g/mol. The smallest absolute Gasteiger partial charge is 0.343 e. The second-order valence-electron chi connectivity index (χ2n) is 3.85. The number of methoxy groups -OCH3 is 1. The zero-order chi connectivity index (χ0) is 14.7. The molecule has 19 heavy (non-hydrogen) atoms. The number of esters is 1. The molecule has 4 nitrogen and oxygen atoms in total. The zero-order valence-electron chi connectivity index (χ0n) is 12.8. The summed E-state index contributed by atoms with van der Waals surface area (Å²) in [7, 11) is 1.40. The van der Waals surface area contributed by atoms with Crippen molar-refractivity contribution < 1.29 is 14.1 Å². The summed E-state index contributed by atoms with van der Waals surface area (Å²) < 4.78 is 6.71. The van der Waals surface area contributed by atoms with E-state index < -0.39 is 0 Å². The van der Waals surface area contributed by atoms with Crippen LogP contribution in [-0.4, -0.2) is 37.6 Å². The van der Waals surface area contributed by atoms with Gasteiger partial charge in [-0.2, -0.15) is 0 Å². The molecule has 0 spiro atoms. The highest BCUT2D eigenvalue weighted by molar-refractivity contribution is 5.88. The maximum Gasteiger partial charge on any atom is 0.343 e. The Balaban J connectivity index is 0.00000154. The van der Waals surface area contributed by atoms with E-state index in [1.807, 2.05) is 36.9 Å². The van der Waals surface area contributed by atoms with Crippen LogP contribution in [0.5, 0.6) is 0 Å². The van der Waals surface area contributed by atoms with E-state index >= 15 is 0 Å². The number of hydrogen-bond donors (Lipinski definition) is 0. The predicted octanol–water partition coefficient (Wildman–Crippen LogP) is 2.13. The van der Waals surface area contributed by atoms with Crippen LogP contribution in [0.15, 0.2) is 24.5 Å². The molecule has 108 valence electrons. The summed E-state index contributed by atoms with van der Waals surface area (Å²) in [6.45, 7) is 12.3. The quantitative estimate of drug-likeness (QED) is 0.585. The standard InChI is InChI=1S/C13H21N2O2.C2H6/c1-4-14(5-2)9-10-15-8-6-7-12(11-15)13(16)17-3;1-2/h6-8,11H,4-5,9-10H2,1-3H3;1-2H3/q+1;. The molecule has 0 aliphatic heterocycles. The minimum atomic E-state index is -0.290. The van der Waals surface area contributed by atoms with Crippen molar-refractivity contribution in [1.82, 2.24) is 4.90 Å². The van der Waals surface area contributed by atoms with Gasteiger partial charge in [0.25, 0.3) is 0 Å². The maximum absolute atomic E-state index is 11.4. The second-order valence-corrected chi connectivity index (χ2v) is 3.85.